The van der Waals surface area contributed by atoms with Crippen molar-refractivity contribution >= 4 is 17.0 Å². The third kappa shape index (κ3) is 1.88. The van der Waals surface area contributed by atoms with Crippen molar-refractivity contribution in [2.24, 2.45) is 7.05 Å². The molecular formula is C12H17N3O. The molecule has 16 heavy (non-hydrogen) atoms. The molecule has 1 heterocycles. The van der Waals surface area contributed by atoms with E-state index in [0.29, 0.717) is 0 Å². The van der Waals surface area contributed by atoms with Crippen LogP contribution in [0.2, 0.25) is 0 Å². The summed E-state index contributed by atoms with van der Waals surface area (Å²) in [6, 6.07) is 8.06. The zero-order valence-corrected chi connectivity index (χ0v) is 9.64. The molecule has 0 radical (unpaired) electrons. The number of aliphatic hydroxyl groups excluding tert-OH is 1. The smallest absolute Gasteiger partial charge is 0.203 e. The standard InChI is InChI=1S/C12H17N3O/c1-3-9(8-16)13-12-14-10-6-4-5-7-11(10)15(12)2/h4-7,9,16H,3,8H2,1-2H3,(H,13,14). The number of aliphatic hydroxyl groups is 1. The van der Waals surface area contributed by atoms with Crippen molar-refractivity contribution in [1.82, 2.24) is 9.55 Å². The van der Waals surface area contributed by atoms with Crippen LogP contribution in [0.25, 0.3) is 11.0 Å². The highest BCUT2D eigenvalue weighted by Crippen LogP contribution is 2.18. The molecule has 0 aliphatic carbocycles. The van der Waals surface area contributed by atoms with Crippen LogP contribution in [0.3, 0.4) is 0 Å². The SMILES string of the molecule is CCC(CO)Nc1nc2ccccc2n1C. The van der Waals surface area contributed by atoms with Gasteiger partial charge in [0.05, 0.1) is 23.7 Å². The minimum Gasteiger partial charge on any atom is -0.394 e. The Morgan fingerprint density at radius 1 is 1.44 bits per heavy atom. The molecule has 0 saturated heterocycles. The molecule has 1 aromatic heterocycles. The molecule has 1 aromatic carbocycles. The molecular weight excluding hydrogens is 202 g/mol. The number of para-hydroxylation sites is 2. The summed E-state index contributed by atoms with van der Waals surface area (Å²) in [7, 11) is 1.97. The van der Waals surface area contributed by atoms with Gasteiger partial charge in [-0.3, -0.25) is 0 Å². The number of aromatic nitrogens is 2. The molecule has 0 bridgehead atoms. The number of nitrogens with one attached hydrogen (secondary N) is 1. The molecule has 2 aromatic rings. The number of fused-ring (bicyclic) bond motifs is 1. The Kier molecular flexibility index (Phi) is 3.10. The molecule has 4 nitrogen and oxygen atoms in total. The maximum absolute atomic E-state index is 9.15. The fourth-order valence-electron chi connectivity index (χ4n) is 1.73. The lowest BCUT2D eigenvalue weighted by Crippen LogP contribution is -2.24. The fourth-order valence-corrected chi connectivity index (χ4v) is 1.73. The topological polar surface area (TPSA) is 50.1 Å². The summed E-state index contributed by atoms with van der Waals surface area (Å²) in [5.41, 5.74) is 2.07. The molecule has 0 amide bonds. The van der Waals surface area contributed by atoms with Crippen molar-refractivity contribution < 1.29 is 5.11 Å². The van der Waals surface area contributed by atoms with Crippen LogP contribution in [0, 0.1) is 0 Å². The second-order valence-corrected chi connectivity index (χ2v) is 3.92. The predicted octanol–water partition coefficient (Wildman–Crippen LogP) is 1.76. The first-order valence-electron chi connectivity index (χ1n) is 5.55. The average molecular weight is 219 g/mol. The van der Waals surface area contributed by atoms with Crippen molar-refractivity contribution in [1.29, 1.82) is 0 Å². The lowest BCUT2D eigenvalue weighted by molar-refractivity contribution is 0.271. The van der Waals surface area contributed by atoms with Gasteiger partial charge in [0.15, 0.2) is 0 Å². The number of imidazole rings is 1. The van der Waals surface area contributed by atoms with E-state index < -0.39 is 0 Å². The summed E-state index contributed by atoms with van der Waals surface area (Å²) in [6.45, 7) is 2.16. The lowest BCUT2D eigenvalue weighted by atomic mass is 10.2. The summed E-state index contributed by atoms with van der Waals surface area (Å²) >= 11 is 0. The first kappa shape index (κ1) is 11.0. The van der Waals surface area contributed by atoms with Crippen LogP contribution in [0.15, 0.2) is 24.3 Å². The molecule has 0 aliphatic heterocycles. The first-order valence-corrected chi connectivity index (χ1v) is 5.55. The zero-order chi connectivity index (χ0) is 11.5. The van der Waals surface area contributed by atoms with Crippen molar-refractivity contribution in [2.75, 3.05) is 11.9 Å². The Balaban J connectivity index is 2.34. The maximum atomic E-state index is 9.15. The summed E-state index contributed by atoms with van der Waals surface area (Å²) in [6.07, 6.45) is 0.875. The van der Waals surface area contributed by atoms with E-state index in [1.165, 1.54) is 0 Å². The van der Waals surface area contributed by atoms with Gasteiger partial charge in [0.25, 0.3) is 0 Å². The number of aryl methyl sites for hydroxylation is 1. The van der Waals surface area contributed by atoms with Crippen molar-refractivity contribution in [3.05, 3.63) is 24.3 Å². The van der Waals surface area contributed by atoms with Crippen molar-refractivity contribution in [3.63, 3.8) is 0 Å². The highest BCUT2D eigenvalue weighted by Gasteiger charge is 2.10. The van der Waals surface area contributed by atoms with Crippen molar-refractivity contribution in [3.8, 4) is 0 Å². The molecule has 0 saturated carbocycles. The van der Waals surface area contributed by atoms with Gasteiger partial charge >= 0.3 is 0 Å². The monoisotopic (exact) mass is 219 g/mol. The van der Waals surface area contributed by atoms with Gasteiger partial charge in [-0.15, -0.1) is 0 Å². The third-order valence-corrected chi connectivity index (χ3v) is 2.83. The molecule has 2 rings (SSSR count). The molecule has 1 atom stereocenters. The van der Waals surface area contributed by atoms with Gasteiger partial charge in [-0.05, 0) is 18.6 Å². The summed E-state index contributed by atoms with van der Waals surface area (Å²) < 4.78 is 2.01. The lowest BCUT2D eigenvalue weighted by Gasteiger charge is -2.14. The Morgan fingerprint density at radius 3 is 2.81 bits per heavy atom. The normalized spacial score (nSPS) is 12.9. The fraction of sp³-hybridized carbons (Fsp3) is 0.417. The number of benzene rings is 1. The number of anilines is 1. The van der Waals surface area contributed by atoms with Crippen LogP contribution in [0.4, 0.5) is 5.95 Å². The van der Waals surface area contributed by atoms with Crippen LogP contribution in [0.5, 0.6) is 0 Å². The van der Waals surface area contributed by atoms with Gasteiger partial charge in [-0.2, -0.15) is 0 Å². The van der Waals surface area contributed by atoms with Gasteiger partial charge in [0.1, 0.15) is 0 Å². The molecule has 4 heteroatoms. The van der Waals surface area contributed by atoms with E-state index in [4.69, 9.17) is 5.11 Å². The summed E-state index contributed by atoms with van der Waals surface area (Å²) in [5.74, 6) is 0.808. The number of hydrogen-bond donors (Lipinski definition) is 2. The second-order valence-electron chi connectivity index (χ2n) is 3.92. The number of nitrogens with zero attached hydrogens (tertiary/aromatic N) is 2. The number of rotatable bonds is 4. The van der Waals surface area contributed by atoms with Crippen LogP contribution >= 0.6 is 0 Å². The van der Waals surface area contributed by atoms with Gasteiger partial charge in [-0.25, -0.2) is 4.98 Å². The van der Waals surface area contributed by atoms with E-state index >= 15 is 0 Å². The van der Waals surface area contributed by atoms with Crippen molar-refractivity contribution in [2.45, 2.75) is 19.4 Å². The van der Waals surface area contributed by atoms with E-state index in [2.05, 4.69) is 10.3 Å². The van der Waals surface area contributed by atoms with Crippen LogP contribution in [-0.2, 0) is 7.05 Å². The van der Waals surface area contributed by atoms with Gasteiger partial charge in [-0.1, -0.05) is 19.1 Å². The van der Waals surface area contributed by atoms with E-state index in [0.717, 1.165) is 23.4 Å². The Hall–Kier alpha value is -1.55. The van der Waals surface area contributed by atoms with Gasteiger partial charge in [0, 0.05) is 7.05 Å². The van der Waals surface area contributed by atoms with Crippen LogP contribution < -0.4 is 5.32 Å². The molecule has 2 N–H and O–H groups in total. The summed E-state index contributed by atoms with van der Waals surface area (Å²) in [5, 5.41) is 12.4. The van der Waals surface area contributed by atoms with Gasteiger partial charge < -0.3 is 15.0 Å². The van der Waals surface area contributed by atoms with E-state index in [9.17, 15) is 0 Å². The zero-order valence-electron chi connectivity index (χ0n) is 9.64. The quantitative estimate of drug-likeness (QED) is 0.823. The second kappa shape index (κ2) is 4.53. The Morgan fingerprint density at radius 2 is 2.19 bits per heavy atom. The molecule has 0 fully saturated rings. The molecule has 0 aliphatic rings. The number of hydrogen-bond acceptors (Lipinski definition) is 3. The highest BCUT2D eigenvalue weighted by atomic mass is 16.3. The molecule has 86 valence electrons. The maximum Gasteiger partial charge on any atom is 0.203 e. The third-order valence-electron chi connectivity index (χ3n) is 2.83. The first-order chi connectivity index (χ1) is 7.76. The Bertz CT molecular complexity index is 474. The molecule has 0 spiro atoms. The molecule has 1 unspecified atom stereocenters. The minimum absolute atomic E-state index is 0.0653. The summed E-state index contributed by atoms with van der Waals surface area (Å²) in [4.78, 5) is 4.49. The largest absolute Gasteiger partial charge is 0.394 e. The minimum atomic E-state index is 0.0653. The van der Waals surface area contributed by atoms with E-state index in [1.54, 1.807) is 0 Å². The highest BCUT2D eigenvalue weighted by molar-refractivity contribution is 5.78. The van der Waals surface area contributed by atoms with E-state index in [-0.39, 0.29) is 12.6 Å². The van der Waals surface area contributed by atoms with Crippen LogP contribution in [-0.4, -0.2) is 27.3 Å². The van der Waals surface area contributed by atoms with Crippen LogP contribution in [0.1, 0.15) is 13.3 Å². The Labute approximate surface area is 94.9 Å². The van der Waals surface area contributed by atoms with Gasteiger partial charge in [0.2, 0.25) is 5.95 Å². The van der Waals surface area contributed by atoms with E-state index in [1.807, 2.05) is 42.8 Å². The predicted molar refractivity (Wildman–Crippen MR) is 65.5 cm³/mol. The average Bonchev–Trinajstić information content (AvgIpc) is 2.64.